The van der Waals surface area contributed by atoms with Crippen LogP contribution < -0.4 is 0 Å². The average Bonchev–Trinajstić information content (AvgIpc) is 2.25. The maximum atomic E-state index is 11.8. The van der Waals surface area contributed by atoms with Crippen molar-refractivity contribution in [3.8, 4) is 0 Å². The zero-order valence-corrected chi connectivity index (χ0v) is 12.8. The standard InChI is InChI=1S/C12H21NO6S/c1-12(2,3)19-11(16)13-6-4-9(5-7-13)20(17,18)8-10(14)15/h9H,4-8H2,1-3H3,(H,14,15). The normalized spacial score (nSPS) is 17.9. The number of likely N-dealkylation sites (tertiary alicyclic amines) is 1. The molecule has 7 nitrogen and oxygen atoms in total. The number of nitrogens with zero attached hydrogens (tertiary/aromatic N) is 1. The third kappa shape index (κ3) is 4.99. The zero-order chi connectivity index (χ0) is 15.6. The number of hydrogen-bond donors (Lipinski definition) is 1. The first-order valence-corrected chi connectivity index (χ1v) is 8.14. The first-order valence-electron chi connectivity index (χ1n) is 6.42. The SMILES string of the molecule is CC(C)(C)OC(=O)N1CCC(S(=O)(=O)CC(=O)O)CC1. The van der Waals surface area contributed by atoms with Crippen molar-refractivity contribution in [1.29, 1.82) is 0 Å². The lowest BCUT2D eigenvalue weighted by molar-refractivity contribution is -0.134. The molecule has 0 aromatic rings. The number of carbonyl (C=O) groups excluding carboxylic acids is 1. The quantitative estimate of drug-likeness (QED) is 0.830. The van der Waals surface area contributed by atoms with Crippen molar-refractivity contribution in [2.45, 2.75) is 44.5 Å². The Morgan fingerprint density at radius 2 is 1.75 bits per heavy atom. The number of sulfone groups is 1. The highest BCUT2D eigenvalue weighted by Gasteiger charge is 2.34. The molecule has 8 heteroatoms. The van der Waals surface area contributed by atoms with Crippen molar-refractivity contribution in [2.24, 2.45) is 0 Å². The van der Waals surface area contributed by atoms with Gasteiger partial charge in [0.15, 0.2) is 9.84 Å². The van der Waals surface area contributed by atoms with Crippen LogP contribution in [-0.2, 0) is 19.4 Å². The van der Waals surface area contributed by atoms with Gasteiger partial charge in [0.2, 0.25) is 0 Å². The monoisotopic (exact) mass is 307 g/mol. The highest BCUT2D eigenvalue weighted by atomic mass is 32.2. The fourth-order valence-electron chi connectivity index (χ4n) is 2.01. The maximum absolute atomic E-state index is 11.8. The van der Waals surface area contributed by atoms with E-state index in [0.29, 0.717) is 0 Å². The van der Waals surface area contributed by atoms with Crippen molar-refractivity contribution < 1.29 is 27.9 Å². The van der Waals surface area contributed by atoms with Crippen LogP contribution in [0.15, 0.2) is 0 Å². The molecule has 1 aliphatic rings. The number of carboxylic acid groups (broad SMARTS) is 1. The van der Waals surface area contributed by atoms with Crippen molar-refractivity contribution in [2.75, 3.05) is 18.8 Å². The minimum absolute atomic E-state index is 0.245. The van der Waals surface area contributed by atoms with Gasteiger partial charge in [-0.15, -0.1) is 0 Å². The molecule has 0 radical (unpaired) electrons. The summed E-state index contributed by atoms with van der Waals surface area (Å²) >= 11 is 0. The van der Waals surface area contributed by atoms with E-state index in [1.807, 2.05) is 0 Å². The highest BCUT2D eigenvalue weighted by molar-refractivity contribution is 7.92. The van der Waals surface area contributed by atoms with E-state index in [0.717, 1.165) is 0 Å². The molecule has 1 heterocycles. The maximum Gasteiger partial charge on any atom is 0.410 e. The second kappa shape index (κ2) is 5.99. The van der Waals surface area contributed by atoms with Gasteiger partial charge in [-0.3, -0.25) is 4.79 Å². The van der Waals surface area contributed by atoms with E-state index in [1.165, 1.54) is 4.90 Å². The molecule has 0 aliphatic carbocycles. The number of rotatable bonds is 3. The van der Waals surface area contributed by atoms with E-state index in [1.54, 1.807) is 20.8 Å². The molecule has 20 heavy (non-hydrogen) atoms. The summed E-state index contributed by atoms with van der Waals surface area (Å²) in [4.78, 5) is 23.8. The lowest BCUT2D eigenvalue weighted by Gasteiger charge is -2.33. The number of aliphatic carboxylic acids is 1. The summed E-state index contributed by atoms with van der Waals surface area (Å²) in [5.41, 5.74) is -0.594. The van der Waals surface area contributed by atoms with E-state index in [-0.39, 0.29) is 25.9 Å². The van der Waals surface area contributed by atoms with Crippen LogP contribution in [0.25, 0.3) is 0 Å². The predicted octanol–water partition coefficient (Wildman–Crippen LogP) is 0.885. The van der Waals surface area contributed by atoms with Gasteiger partial charge in [-0.2, -0.15) is 0 Å². The van der Waals surface area contributed by atoms with Crippen LogP contribution in [0.3, 0.4) is 0 Å². The average molecular weight is 307 g/mol. The third-order valence-electron chi connectivity index (χ3n) is 2.93. The van der Waals surface area contributed by atoms with Crippen LogP contribution in [0.4, 0.5) is 4.79 Å². The largest absolute Gasteiger partial charge is 0.480 e. The van der Waals surface area contributed by atoms with Crippen molar-refractivity contribution in [3.05, 3.63) is 0 Å². The van der Waals surface area contributed by atoms with Gasteiger partial charge in [0.1, 0.15) is 11.4 Å². The summed E-state index contributed by atoms with van der Waals surface area (Å²) in [5.74, 6) is -2.20. The van der Waals surface area contributed by atoms with E-state index >= 15 is 0 Å². The minimum atomic E-state index is -3.65. The number of ether oxygens (including phenoxy) is 1. The Morgan fingerprint density at radius 3 is 2.15 bits per heavy atom. The van der Waals surface area contributed by atoms with E-state index in [9.17, 15) is 18.0 Å². The van der Waals surface area contributed by atoms with Gasteiger partial charge in [-0.25, -0.2) is 13.2 Å². The molecule has 0 atom stereocenters. The number of carbonyl (C=O) groups is 2. The first-order chi connectivity index (χ1) is 9.01. The van der Waals surface area contributed by atoms with E-state index in [4.69, 9.17) is 9.84 Å². The van der Waals surface area contributed by atoms with Gasteiger partial charge in [0, 0.05) is 13.1 Å². The van der Waals surface area contributed by atoms with Crippen molar-refractivity contribution in [1.82, 2.24) is 4.90 Å². The molecular weight excluding hydrogens is 286 g/mol. The molecule has 1 fully saturated rings. The van der Waals surface area contributed by atoms with Crippen molar-refractivity contribution in [3.63, 3.8) is 0 Å². The Balaban J connectivity index is 2.56. The highest BCUT2D eigenvalue weighted by Crippen LogP contribution is 2.20. The van der Waals surface area contributed by atoms with Gasteiger partial charge in [-0.1, -0.05) is 0 Å². The Kier molecular flexibility index (Phi) is 5.01. The molecule has 1 amide bonds. The van der Waals surface area contributed by atoms with Crippen LogP contribution in [-0.4, -0.2) is 60.2 Å². The molecule has 0 saturated carbocycles. The summed E-state index contributed by atoms with van der Waals surface area (Å²) < 4.78 is 28.8. The van der Waals surface area contributed by atoms with Gasteiger partial charge in [0.05, 0.1) is 5.25 Å². The summed E-state index contributed by atoms with van der Waals surface area (Å²) in [6.07, 6.45) is 0.0237. The molecular formula is C12H21NO6S. The molecule has 116 valence electrons. The van der Waals surface area contributed by atoms with Crippen LogP contribution in [0.5, 0.6) is 0 Å². The second-order valence-corrected chi connectivity index (χ2v) is 8.15. The van der Waals surface area contributed by atoms with Gasteiger partial charge in [-0.05, 0) is 33.6 Å². The summed E-state index contributed by atoms with van der Waals surface area (Å²) in [7, 11) is -3.65. The number of amides is 1. The van der Waals surface area contributed by atoms with E-state index in [2.05, 4.69) is 0 Å². The van der Waals surface area contributed by atoms with Crippen LogP contribution in [0, 0.1) is 0 Å². The van der Waals surface area contributed by atoms with Crippen LogP contribution in [0.2, 0.25) is 0 Å². The Morgan fingerprint density at radius 1 is 1.25 bits per heavy atom. The zero-order valence-electron chi connectivity index (χ0n) is 12.0. The number of piperidine rings is 1. The third-order valence-corrected chi connectivity index (χ3v) is 5.06. The fraction of sp³-hybridized carbons (Fsp3) is 0.833. The molecule has 0 aromatic carbocycles. The van der Waals surface area contributed by atoms with Gasteiger partial charge < -0.3 is 14.7 Å². The Labute approximate surface area is 118 Å². The number of hydrogen-bond acceptors (Lipinski definition) is 5. The summed E-state index contributed by atoms with van der Waals surface area (Å²) in [6, 6.07) is 0. The second-order valence-electron chi connectivity index (χ2n) is 5.87. The van der Waals surface area contributed by atoms with Crippen LogP contribution >= 0.6 is 0 Å². The smallest absolute Gasteiger partial charge is 0.410 e. The Hall–Kier alpha value is -1.31. The summed E-state index contributed by atoms with van der Waals surface area (Å²) in [6.45, 7) is 5.80. The van der Waals surface area contributed by atoms with Gasteiger partial charge in [0.25, 0.3) is 0 Å². The molecule has 0 spiro atoms. The number of carboxylic acids is 1. The molecule has 1 saturated heterocycles. The molecule has 1 N–H and O–H groups in total. The predicted molar refractivity (Wildman–Crippen MR) is 72.3 cm³/mol. The Bertz CT molecular complexity index is 471. The summed E-state index contributed by atoms with van der Waals surface area (Å²) in [5, 5.41) is 7.89. The topological polar surface area (TPSA) is 101 Å². The molecule has 1 aliphatic heterocycles. The molecule has 0 bridgehead atoms. The van der Waals surface area contributed by atoms with Crippen LogP contribution in [0.1, 0.15) is 33.6 Å². The van der Waals surface area contributed by atoms with Crippen molar-refractivity contribution >= 4 is 21.9 Å². The minimum Gasteiger partial charge on any atom is -0.480 e. The molecule has 0 unspecified atom stereocenters. The lowest BCUT2D eigenvalue weighted by Crippen LogP contribution is -2.45. The lowest BCUT2D eigenvalue weighted by atomic mass is 10.1. The van der Waals surface area contributed by atoms with Gasteiger partial charge >= 0.3 is 12.1 Å². The molecule has 1 rings (SSSR count). The molecule has 0 aromatic heterocycles. The van der Waals surface area contributed by atoms with E-state index < -0.39 is 38.5 Å². The fourth-order valence-corrected chi connectivity index (χ4v) is 3.52. The first kappa shape index (κ1) is 16.7.